The predicted molar refractivity (Wildman–Crippen MR) is 161 cm³/mol. The first-order valence-corrected chi connectivity index (χ1v) is 13.7. The van der Waals surface area contributed by atoms with Gasteiger partial charge in [0.25, 0.3) is 0 Å². The molecular formula is C28H33Cl3N6O4. The number of aromatic amines is 1. The van der Waals surface area contributed by atoms with Crippen LogP contribution in [0.1, 0.15) is 25.0 Å². The SMILES string of the molecule is CCN(Cc1ccccc1OC)C(=O)Cl.CCN(Cc1ccccc1OC)C(=O)n1cc(Cl)cn1.Clc1cn[nH]c1. The first kappa shape index (κ1) is 33.5. The molecule has 0 aliphatic rings. The van der Waals surface area contributed by atoms with Gasteiger partial charge in [0.05, 0.1) is 55.9 Å². The summed E-state index contributed by atoms with van der Waals surface area (Å²) in [4.78, 5) is 26.6. The second-order valence-corrected chi connectivity index (χ2v) is 9.40. The lowest BCUT2D eigenvalue weighted by molar-refractivity contribution is 0.196. The van der Waals surface area contributed by atoms with Gasteiger partial charge in [-0.15, -0.1) is 0 Å². The van der Waals surface area contributed by atoms with Crippen LogP contribution in [0.15, 0.2) is 73.3 Å². The number of rotatable bonds is 8. The molecule has 10 nitrogen and oxygen atoms in total. The highest BCUT2D eigenvalue weighted by atomic mass is 35.5. The van der Waals surface area contributed by atoms with E-state index >= 15 is 0 Å². The van der Waals surface area contributed by atoms with Crippen molar-refractivity contribution in [2.45, 2.75) is 26.9 Å². The summed E-state index contributed by atoms with van der Waals surface area (Å²) in [6.45, 7) is 5.88. The van der Waals surface area contributed by atoms with Crippen LogP contribution in [0.3, 0.4) is 0 Å². The average Bonchev–Trinajstić information content (AvgIpc) is 3.65. The predicted octanol–water partition coefficient (Wildman–Crippen LogP) is 6.97. The molecule has 4 aromatic rings. The lowest BCUT2D eigenvalue weighted by Crippen LogP contribution is -2.34. The number of H-pyrrole nitrogens is 1. The fourth-order valence-corrected chi connectivity index (χ4v) is 3.89. The number of ether oxygens (including phenoxy) is 2. The number of carbonyl (C=O) groups is 2. The number of nitrogens with zero attached hydrogens (tertiary/aromatic N) is 5. The van der Waals surface area contributed by atoms with Crippen LogP contribution in [0.4, 0.5) is 9.59 Å². The van der Waals surface area contributed by atoms with Gasteiger partial charge in [0.1, 0.15) is 11.5 Å². The van der Waals surface area contributed by atoms with Gasteiger partial charge in [0.15, 0.2) is 0 Å². The fraction of sp³-hybridized carbons (Fsp3) is 0.286. The summed E-state index contributed by atoms with van der Waals surface area (Å²) in [5, 5.41) is 10.7. The van der Waals surface area contributed by atoms with Crippen molar-refractivity contribution in [3.8, 4) is 11.5 Å². The summed E-state index contributed by atoms with van der Waals surface area (Å²) in [6, 6.07) is 15.0. The molecular weight excluding hydrogens is 591 g/mol. The topological polar surface area (TPSA) is 106 Å². The largest absolute Gasteiger partial charge is 0.496 e. The molecule has 0 radical (unpaired) electrons. The van der Waals surface area contributed by atoms with Crippen LogP contribution >= 0.6 is 34.8 Å². The minimum atomic E-state index is -0.441. The molecule has 41 heavy (non-hydrogen) atoms. The Morgan fingerprint density at radius 2 is 1.39 bits per heavy atom. The molecule has 2 amide bonds. The summed E-state index contributed by atoms with van der Waals surface area (Å²) < 4.78 is 11.7. The number of para-hydroxylation sites is 2. The number of hydrogen-bond donors (Lipinski definition) is 1. The van der Waals surface area contributed by atoms with E-state index in [0.717, 1.165) is 22.6 Å². The van der Waals surface area contributed by atoms with E-state index in [1.165, 1.54) is 17.1 Å². The van der Waals surface area contributed by atoms with Crippen molar-refractivity contribution in [2.24, 2.45) is 0 Å². The molecule has 2 aromatic carbocycles. The van der Waals surface area contributed by atoms with Gasteiger partial charge in [-0.3, -0.25) is 9.89 Å². The number of aromatic nitrogens is 4. The van der Waals surface area contributed by atoms with Crippen LogP contribution in [0.2, 0.25) is 10.0 Å². The lowest BCUT2D eigenvalue weighted by atomic mass is 10.2. The number of benzene rings is 2. The molecule has 220 valence electrons. The zero-order valence-corrected chi connectivity index (χ0v) is 25.5. The molecule has 0 atom stereocenters. The second kappa shape index (κ2) is 17.9. The highest BCUT2D eigenvalue weighted by Crippen LogP contribution is 2.21. The number of hydrogen-bond acceptors (Lipinski definition) is 6. The molecule has 0 bridgehead atoms. The van der Waals surface area contributed by atoms with Crippen LogP contribution in [-0.4, -0.2) is 68.5 Å². The van der Waals surface area contributed by atoms with Crippen molar-refractivity contribution in [2.75, 3.05) is 27.3 Å². The first-order valence-electron chi connectivity index (χ1n) is 12.6. The van der Waals surface area contributed by atoms with Gasteiger partial charge in [0, 0.05) is 30.4 Å². The van der Waals surface area contributed by atoms with E-state index in [2.05, 4.69) is 15.3 Å². The van der Waals surface area contributed by atoms with Gasteiger partial charge < -0.3 is 19.3 Å². The van der Waals surface area contributed by atoms with Gasteiger partial charge >= 0.3 is 11.4 Å². The number of amides is 2. The molecule has 2 heterocycles. The highest BCUT2D eigenvalue weighted by Gasteiger charge is 2.17. The highest BCUT2D eigenvalue weighted by molar-refractivity contribution is 6.62. The van der Waals surface area contributed by atoms with Crippen molar-refractivity contribution in [1.29, 1.82) is 0 Å². The zero-order chi connectivity index (χ0) is 30.2. The smallest absolute Gasteiger partial charge is 0.344 e. The fourth-order valence-electron chi connectivity index (χ4n) is 3.48. The Balaban J connectivity index is 0.000000245. The molecule has 0 fully saturated rings. The Hall–Kier alpha value is -3.73. The maximum absolute atomic E-state index is 12.3. The van der Waals surface area contributed by atoms with E-state index in [-0.39, 0.29) is 6.03 Å². The van der Waals surface area contributed by atoms with E-state index in [9.17, 15) is 9.59 Å². The van der Waals surface area contributed by atoms with Crippen molar-refractivity contribution < 1.29 is 19.1 Å². The van der Waals surface area contributed by atoms with Gasteiger partial charge in [0.2, 0.25) is 0 Å². The second-order valence-electron chi connectivity index (χ2n) is 8.21. The van der Waals surface area contributed by atoms with E-state index in [1.54, 1.807) is 36.4 Å². The molecule has 4 rings (SSSR count). The summed E-state index contributed by atoms with van der Waals surface area (Å²) in [5.41, 5.74) is 1.90. The van der Waals surface area contributed by atoms with E-state index in [4.69, 9.17) is 44.3 Å². The Morgan fingerprint density at radius 1 is 0.854 bits per heavy atom. The average molecular weight is 624 g/mol. The number of halogens is 3. The molecule has 0 spiro atoms. The molecule has 1 N–H and O–H groups in total. The van der Waals surface area contributed by atoms with E-state index < -0.39 is 5.37 Å². The van der Waals surface area contributed by atoms with Crippen LogP contribution in [-0.2, 0) is 13.1 Å². The minimum absolute atomic E-state index is 0.217. The van der Waals surface area contributed by atoms with Crippen LogP contribution < -0.4 is 9.47 Å². The Labute approximate surface area is 254 Å². The first-order chi connectivity index (χ1) is 19.7. The summed E-state index contributed by atoms with van der Waals surface area (Å²) in [6.07, 6.45) is 6.09. The van der Waals surface area contributed by atoms with Crippen molar-refractivity contribution in [1.82, 2.24) is 29.8 Å². The van der Waals surface area contributed by atoms with Crippen LogP contribution in [0.25, 0.3) is 0 Å². The Kier molecular flexibility index (Phi) is 14.6. The quantitative estimate of drug-likeness (QED) is 0.168. The van der Waals surface area contributed by atoms with Gasteiger partial charge in [-0.05, 0) is 37.6 Å². The third-order valence-electron chi connectivity index (χ3n) is 5.60. The van der Waals surface area contributed by atoms with Crippen LogP contribution in [0, 0.1) is 0 Å². The maximum atomic E-state index is 12.3. The van der Waals surface area contributed by atoms with Gasteiger partial charge in [-0.25, -0.2) is 4.79 Å². The minimum Gasteiger partial charge on any atom is -0.496 e. The number of carbonyl (C=O) groups excluding carboxylic acids is 2. The maximum Gasteiger partial charge on any atom is 0.344 e. The number of nitrogens with one attached hydrogen (secondary N) is 1. The van der Waals surface area contributed by atoms with E-state index in [0.29, 0.717) is 36.2 Å². The van der Waals surface area contributed by atoms with Crippen molar-refractivity contribution >= 4 is 46.2 Å². The van der Waals surface area contributed by atoms with Crippen molar-refractivity contribution in [3.63, 3.8) is 0 Å². The summed E-state index contributed by atoms with van der Waals surface area (Å²) in [7, 11) is 3.22. The molecule has 0 unspecified atom stereocenters. The third kappa shape index (κ3) is 11.0. The molecule has 2 aromatic heterocycles. The molecule has 0 saturated heterocycles. The monoisotopic (exact) mass is 622 g/mol. The third-order valence-corrected chi connectivity index (χ3v) is 6.24. The zero-order valence-electron chi connectivity index (χ0n) is 23.3. The molecule has 0 saturated carbocycles. The molecule has 0 aliphatic heterocycles. The normalized spacial score (nSPS) is 9.93. The standard InChI is InChI=1S/C14H16ClN3O2.C11H14ClNO2.C3H3ClN2/c1-3-17(14(19)18-10-12(15)8-16-18)9-11-6-4-5-7-13(11)20-2;1-3-13(11(12)14)8-9-6-4-5-7-10(9)15-2;4-3-1-5-6-2-3/h4-8,10H,3,9H2,1-2H3;4-7H,3,8H2,1-2H3;1-2H,(H,5,6). The lowest BCUT2D eigenvalue weighted by Gasteiger charge is -2.21. The molecule has 0 aliphatic carbocycles. The van der Waals surface area contributed by atoms with Crippen molar-refractivity contribution in [3.05, 3.63) is 94.5 Å². The number of methoxy groups -OCH3 is 2. The Morgan fingerprint density at radius 3 is 1.76 bits per heavy atom. The van der Waals surface area contributed by atoms with Gasteiger partial charge in [-0.1, -0.05) is 59.6 Å². The van der Waals surface area contributed by atoms with Gasteiger partial charge in [-0.2, -0.15) is 14.9 Å². The Bertz CT molecular complexity index is 1350. The van der Waals surface area contributed by atoms with E-state index in [1.807, 2.05) is 62.4 Å². The van der Waals surface area contributed by atoms with Crippen LogP contribution in [0.5, 0.6) is 11.5 Å². The molecule has 13 heteroatoms. The summed E-state index contributed by atoms with van der Waals surface area (Å²) in [5.74, 6) is 1.53. The summed E-state index contributed by atoms with van der Waals surface area (Å²) >= 11 is 16.6.